The number of fused-ring (bicyclic) bond motifs is 4. The van der Waals surface area contributed by atoms with Crippen LogP contribution >= 0.6 is 0 Å². The van der Waals surface area contributed by atoms with Gasteiger partial charge in [-0.3, -0.25) is 0 Å². The maximum Gasteiger partial charge on any atom is 0.0714 e. The van der Waals surface area contributed by atoms with Crippen molar-refractivity contribution in [3.05, 3.63) is 271 Å². The van der Waals surface area contributed by atoms with E-state index in [1.165, 1.54) is 4.90 Å². The third-order valence-corrected chi connectivity index (χ3v) is 11.7. The summed E-state index contributed by atoms with van der Waals surface area (Å²) < 4.78 is 77.7. The second-order valence-corrected chi connectivity index (χ2v) is 15.0. The van der Waals surface area contributed by atoms with Crippen LogP contribution in [0.5, 0.6) is 0 Å². The van der Waals surface area contributed by atoms with Crippen LogP contribution in [0.3, 0.4) is 0 Å². The molecule has 0 saturated heterocycles. The Balaban J connectivity index is 1.23. The fraction of sp³-hybridized carbons (Fsp3) is 0.0169. The van der Waals surface area contributed by atoms with Gasteiger partial charge in [-0.25, -0.2) is 0 Å². The fourth-order valence-electron chi connectivity index (χ4n) is 8.97. The van der Waals surface area contributed by atoms with Crippen LogP contribution < -0.4 is 4.90 Å². The standard InChI is InChI=1S/C59H41N/c1-4-16-42(17-5-1)44-30-32-45(33-31-44)46-36-38-52(39-37-46)60(53-25-14-20-48(41-53)49-35-34-43-18-10-11-19-47(43)40-49)57-29-15-28-56-58(57)54-26-12-13-27-55(54)59(56,50-21-6-2-7-22-50)51-23-8-3-9-24-51/h1-41H/i14D,20D,25D,36D,37D,38D,39D,41D. The number of benzene rings is 10. The first-order chi connectivity index (χ1) is 33.1. The smallest absolute Gasteiger partial charge is 0.0714 e. The highest BCUT2D eigenvalue weighted by Gasteiger charge is 2.47. The van der Waals surface area contributed by atoms with Gasteiger partial charge in [0.1, 0.15) is 0 Å². The predicted octanol–water partition coefficient (Wildman–Crippen LogP) is 15.7. The highest BCUT2D eigenvalue weighted by molar-refractivity contribution is 5.98. The Bertz CT molecular complexity index is 3530. The Morgan fingerprint density at radius 3 is 1.65 bits per heavy atom. The Morgan fingerprint density at radius 1 is 0.367 bits per heavy atom. The Labute approximate surface area is 363 Å². The molecule has 1 aliphatic rings. The van der Waals surface area contributed by atoms with E-state index in [0.29, 0.717) is 22.4 Å². The summed E-state index contributed by atoms with van der Waals surface area (Å²) in [7, 11) is 0. The van der Waals surface area contributed by atoms with Gasteiger partial charge >= 0.3 is 0 Å². The van der Waals surface area contributed by atoms with Crippen molar-refractivity contribution in [3.63, 3.8) is 0 Å². The summed E-state index contributed by atoms with van der Waals surface area (Å²) in [6.45, 7) is 0. The van der Waals surface area contributed by atoms with Crippen molar-refractivity contribution in [2.45, 2.75) is 5.41 Å². The molecular weight excluding hydrogens is 723 g/mol. The molecule has 1 aliphatic carbocycles. The van der Waals surface area contributed by atoms with Crippen molar-refractivity contribution in [2.75, 3.05) is 4.90 Å². The Hall–Kier alpha value is -7.74. The third kappa shape index (κ3) is 5.94. The van der Waals surface area contributed by atoms with Gasteiger partial charge in [0, 0.05) is 16.9 Å². The van der Waals surface area contributed by atoms with Crippen LogP contribution in [0.4, 0.5) is 17.1 Å². The van der Waals surface area contributed by atoms with Crippen molar-refractivity contribution in [3.8, 4) is 44.5 Å². The van der Waals surface area contributed by atoms with Gasteiger partial charge < -0.3 is 4.90 Å². The van der Waals surface area contributed by atoms with Crippen LogP contribution in [-0.4, -0.2) is 0 Å². The van der Waals surface area contributed by atoms with Gasteiger partial charge in [0.15, 0.2) is 0 Å². The highest BCUT2D eigenvalue weighted by Crippen LogP contribution is 2.59. The topological polar surface area (TPSA) is 3.24 Å². The van der Waals surface area contributed by atoms with Crippen molar-refractivity contribution in [1.29, 1.82) is 0 Å². The molecule has 0 unspecified atom stereocenters. The minimum absolute atomic E-state index is 0.107. The normalized spacial score (nSPS) is 14.3. The van der Waals surface area contributed by atoms with Gasteiger partial charge in [0.05, 0.1) is 22.1 Å². The van der Waals surface area contributed by atoms with Crippen molar-refractivity contribution in [2.24, 2.45) is 0 Å². The molecule has 0 radical (unpaired) electrons. The maximum atomic E-state index is 10.1. The zero-order valence-corrected chi connectivity index (χ0v) is 32.5. The number of rotatable bonds is 8. The lowest BCUT2D eigenvalue weighted by Gasteiger charge is -2.34. The fourth-order valence-corrected chi connectivity index (χ4v) is 8.97. The van der Waals surface area contributed by atoms with E-state index in [1.807, 2.05) is 152 Å². The Kier molecular flexibility index (Phi) is 6.90. The summed E-state index contributed by atoms with van der Waals surface area (Å²) >= 11 is 0. The summed E-state index contributed by atoms with van der Waals surface area (Å²) in [5.41, 5.74) is 7.76. The van der Waals surface area contributed by atoms with Crippen LogP contribution in [0.15, 0.2) is 249 Å². The molecular formula is C59H41N. The van der Waals surface area contributed by atoms with Crippen LogP contribution in [0, 0.1) is 0 Å². The van der Waals surface area contributed by atoms with Gasteiger partial charge in [0.25, 0.3) is 0 Å². The molecule has 0 saturated carbocycles. The summed E-state index contributed by atoms with van der Waals surface area (Å²) in [6, 6.07) is 62.1. The summed E-state index contributed by atoms with van der Waals surface area (Å²) in [4.78, 5) is 1.50. The lowest BCUT2D eigenvalue weighted by Crippen LogP contribution is -2.28. The zero-order chi connectivity index (χ0) is 46.8. The first kappa shape index (κ1) is 27.8. The number of anilines is 3. The van der Waals surface area contributed by atoms with E-state index in [2.05, 4.69) is 36.4 Å². The molecule has 1 nitrogen and oxygen atoms in total. The van der Waals surface area contributed by atoms with E-state index in [4.69, 9.17) is 0 Å². The molecule has 0 fully saturated rings. The van der Waals surface area contributed by atoms with Crippen molar-refractivity contribution < 1.29 is 11.0 Å². The van der Waals surface area contributed by atoms with Crippen LogP contribution in [0.1, 0.15) is 33.2 Å². The maximum absolute atomic E-state index is 10.1. The zero-order valence-electron chi connectivity index (χ0n) is 40.5. The minimum Gasteiger partial charge on any atom is -0.310 e. The molecule has 282 valence electrons. The molecule has 0 aromatic heterocycles. The van der Waals surface area contributed by atoms with Crippen LogP contribution in [0.2, 0.25) is 0 Å². The molecule has 0 N–H and O–H groups in total. The largest absolute Gasteiger partial charge is 0.310 e. The average molecular weight is 772 g/mol. The predicted molar refractivity (Wildman–Crippen MR) is 252 cm³/mol. The number of hydrogen-bond donors (Lipinski definition) is 0. The summed E-state index contributed by atoms with van der Waals surface area (Å²) in [5.74, 6) is 0. The molecule has 11 rings (SSSR count). The van der Waals surface area contributed by atoms with Gasteiger partial charge in [-0.15, -0.1) is 0 Å². The first-order valence-electron chi connectivity index (χ1n) is 24.1. The quantitative estimate of drug-likeness (QED) is 0.149. The van der Waals surface area contributed by atoms with Crippen molar-refractivity contribution in [1.82, 2.24) is 0 Å². The molecule has 0 bridgehead atoms. The summed E-state index contributed by atoms with van der Waals surface area (Å²) in [5, 5.41) is 1.82. The van der Waals surface area contributed by atoms with E-state index >= 15 is 0 Å². The van der Waals surface area contributed by atoms with E-state index in [1.54, 1.807) is 12.1 Å². The number of nitrogens with zero attached hydrogens (tertiary/aromatic N) is 1. The van der Waals surface area contributed by atoms with Crippen molar-refractivity contribution >= 4 is 27.8 Å². The molecule has 10 aromatic carbocycles. The molecule has 60 heavy (non-hydrogen) atoms. The first-order valence-corrected chi connectivity index (χ1v) is 20.1. The molecule has 0 atom stereocenters. The highest BCUT2D eigenvalue weighted by atomic mass is 15.1. The second-order valence-electron chi connectivity index (χ2n) is 15.0. The average Bonchev–Trinajstić information content (AvgIpc) is 3.69. The van der Waals surface area contributed by atoms with E-state index in [-0.39, 0.29) is 58.8 Å². The molecule has 0 heterocycles. The molecule has 0 spiro atoms. The van der Waals surface area contributed by atoms with E-state index in [0.717, 1.165) is 49.7 Å². The molecule has 0 aliphatic heterocycles. The molecule has 0 amide bonds. The SMILES string of the molecule is [2H]c1c([2H])c(-c2ccc3ccccc3c2)c([2H])c(N(c2cccc3c2-c2ccccc2C3(c2ccccc2)c2ccccc2)c2c([2H])c([2H])c(-c3ccc(-c4ccccc4)cc3)c([2H])c2[2H])c1[2H]. The van der Waals surface area contributed by atoms with Crippen LogP contribution in [0.25, 0.3) is 55.3 Å². The van der Waals surface area contributed by atoms with Gasteiger partial charge in [-0.1, -0.05) is 212 Å². The van der Waals surface area contributed by atoms with Gasteiger partial charge in [0.2, 0.25) is 0 Å². The molecule has 10 aromatic rings. The van der Waals surface area contributed by atoms with Crippen LogP contribution in [-0.2, 0) is 5.41 Å². The Morgan fingerprint density at radius 2 is 0.933 bits per heavy atom. The monoisotopic (exact) mass is 771 g/mol. The minimum atomic E-state index is -0.865. The molecule has 1 heteroatoms. The van der Waals surface area contributed by atoms with Gasteiger partial charge in [-0.05, 0) is 108 Å². The van der Waals surface area contributed by atoms with E-state index in [9.17, 15) is 11.0 Å². The summed E-state index contributed by atoms with van der Waals surface area (Å²) in [6.07, 6.45) is 0. The third-order valence-electron chi connectivity index (χ3n) is 11.7. The van der Waals surface area contributed by atoms with Gasteiger partial charge in [-0.2, -0.15) is 0 Å². The lowest BCUT2D eigenvalue weighted by molar-refractivity contribution is 0.768. The second kappa shape index (κ2) is 14.9. The lowest BCUT2D eigenvalue weighted by atomic mass is 9.68. The van der Waals surface area contributed by atoms with E-state index < -0.39 is 17.5 Å². The number of hydrogen-bond acceptors (Lipinski definition) is 1.